The van der Waals surface area contributed by atoms with Crippen molar-refractivity contribution >= 4 is 0 Å². The molecule has 0 unspecified atom stereocenters. The maximum Gasteiger partial charge on any atom is 0.335 e. The average molecular weight is 581 g/mol. The summed E-state index contributed by atoms with van der Waals surface area (Å²) in [5.74, 6) is -0.508. The van der Waals surface area contributed by atoms with Crippen LogP contribution in [0.2, 0.25) is 0 Å². The van der Waals surface area contributed by atoms with E-state index in [1.807, 2.05) is 6.92 Å². The van der Waals surface area contributed by atoms with Gasteiger partial charge in [-0.25, -0.2) is 4.79 Å². The van der Waals surface area contributed by atoms with Crippen LogP contribution in [0.1, 0.15) is 76.7 Å². The molecule has 0 radical (unpaired) electrons. The first-order chi connectivity index (χ1) is 19.3. The molecule has 0 spiro atoms. The van der Waals surface area contributed by atoms with Gasteiger partial charge in [0.05, 0.1) is 36.3 Å². The van der Waals surface area contributed by atoms with E-state index in [2.05, 4.69) is 6.92 Å². The number of rotatable bonds is 4. The van der Waals surface area contributed by atoms with Gasteiger partial charge in [-0.1, -0.05) is 13.8 Å². The predicted molar refractivity (Wildman–Crippen MR) is 142 cm³/mol. The zero-order valence-corrected chi connectivity index (χ0v) is 23.6. The van der Waals surface area contributed by atoms with Crippen LogP contribution in [-0.4, -0.2) is 96.5 Å². The Morgan fingerprint density at radius 2 is 1.61 bits per heavy atom. The smallest absolute Gasteiger partial charge is 0.335 e. The van der Waals surface area contributed by atoms with Crippen molar-refractivity contribution < 1.29 is 49.6 Å². The fourth-order valence-corrected chi connectivity index (χ4v) is 9.84. The molecule has 41 heavy (non-hydrogen) atoms. The van der Waals surface area contributed by atoms with Gasteiger partial charge in [-0.2, -0.15) is 0 Å². The molecule has 4 aliphatic carbocycles. The minimum atomic E-state index is -1.53. The normalized spacial score (nSPS) is 53.3. The Morgan fingerprint density at radius 1 is 0.902 bits per heavy atom. The summed E-state index contributed by atoms with van der Waals surface area (Å²) >= 11 is 0. The lowest BCUT2D eigenvalue weighted by Crippen LogP contribution is -2.67. The molecule has 2 heterocycles. The highest BCUT2D eigenvalue weighted by atomic mass is 16.7. The standard InChI is InChI=1S/C30H44O11/c1-27-8-5-16(40-26-25(36)24(35)23(34)20(13-31)41-26)11-29(27,37)10-7-18-17(27)6-9-28(2)22(19(32)12-30(18,28)38)15-3-4-21(33)39-14-15/h3-4,14,16-20,22-26,31-32,34-38H,5-13H2,1-2H3/t16-,17-,18+,19-,20+,22-,23+,24-,25+,26+,27+,28+,29-,30-/m0/s1. The Balaban J connectivity index is 1.21. The van der Waals surface area contributed by atoms with E-state index in [1.165, 1.54) is 12.3 Å². The first-order valence-electron chi connectivity index (χ1n) is 15.0. The summed E-state index contributed by atoms with van der Waals surface area (Å²) in [5, 5.41) is 76.1. The molecular formula is C30H44O11. The van der Waals surface area contributed by atoms with Gasteiger partial charge >= 0.3 is 5.63 Å². The van der Waals surface area contributed by atoms with E-state index < -0.39 is 77.2 Å². The van der Waals surface area contributed by atoms with Crippen LogP contribution in [0.3, 0.4) is 0 Å². The molecule has 5 fully saturated rings. The summed E-state index contributed by atoms with van der Waals surface area (Å²) < 4.78 is 16.7. The van der Waals surface area contributed by atoms with Crippen molar-refractivity contribution in [2.45, 2.75) is 125 Å². The van der Waals surface area contributed by atoms with Crippen LogP contribution >= 0.6 is 0 Å². The highest BCUT2D eigenvalue weighted by molar-refractivity contribution is 5.30. The highest BCUT2D eigenvalue weighted by Crippen LogP contribution is 2.71. The van der Waals surface area contributed by atoms with Gasteiger partial charge in [0.2, 0.25) is 0 Å². The second-order valence-corrected chi connectivity index (χ2v) is 13.9. The zero-order valence-electron chi connectivity index (χ0n) is 23.6. The Labute approximate surface area is 238 Å². The van der Waals surface area contributed by atoms with Gasteiger partial charge in [0.15, 0.2) is 6.29 Å². The molecule has 14 atom stereocenters. The summed E-state index contributed by atoms with van der Waals surface area (Å²) in [7, 11) is 0. The molecule has 11 nitrogen and oxygen atoms in total. The van der Waals surface area contributed by atoms with E-state index in [0.717, 1.165) is 6.42 Å². The van der Waals surface area contributed by atoms with Crippen LogP contribution in [-0.2, 0) is 9.47 Å². The van der Waals surface area contributed by atoms with Crippen molar-refractivity contribution in [3.8, 4) is 0 Å². The van der Waals surface area contributed by atoms with Gasteiger partial charge in [-0.15, -0.1) is 0 Å². The summed E-state index contributed by atoms with van der Waals surface area (Å²) in [6.45, 7) is 3.58. The van der Waals surface area contributed by atoms with E-state index in [4.69, 9.17) is 13.9 Å². The van der Waals surface area contributed by atoms with Crippen molar-refractivity contribution in [1.29, 1.82) is 0 Å². The van der Waals surface area contributed by atoms with Crippen LogP contribution in [0.5, 0.6) is 0 Å². The molecule has 230 valence electrons. The first-order valence-corrected chi connectivity index (χ1v) is 15.0. The SMILES string of the molecule is C[C@]12CC[C@H](O[C@@H]3O[C@H](CO)[C@@H](O)[C@H](O)[C@H]3O)C[C@@]1(O)CC[C@@H]1[C@@H]2CC[C@]2(C)[C@@H](c3ccc(=O)oc3)[C@@H](O)C[C@]12O. The minimum absolute atomic E-state index is 0.00666. The first kappa shape index (κ1) is 29.7. The summed E-state index contributed by atoms with van der Waals surface area (Å²) in [4.78, 5) is 11.6. The number of hydrogen-bond donors (Lipinski definition) is 7. The van der Waals surface area contributed by atoms with E-state index in [0.29, 0.717) is 37.7 Å². The van der Waals surface area contributed by atoms with Crippen molar-refractivity contribution in [3.05, 3.63) is 34.4 Å². The third-order valence-corrected chi connectivity index (χ3v) is 12.2. The van der Waals surface area contributed by atoms with Gasteiger partial charge in [0.1, 0.15) is 24.4 Å². The second-order valence-electron chi connectivity index (χ2n) is 13.9. The molecule has 1 aromatic rings. The topological polar surface area (TPSA) is 190 Å². The number of hydrogen-bond acceptors (Lipinski definition) is 11. The van der Waals surface area contributed by atoms with Crippen LogP contribution < -0.4 is 5.63 Å². The monoisotopic (exact) mass is 580 g/mol. The highest BCUT2D eigenvalue weighted by Gasteiger charge is 2.71. The second kappa shape index (κ2) is 10.1. The molecular weight excluding hydrogens is 536 g/mol. The fourth-order valence-electron chi connectivity index (χ4n) is 9.84. The lowest BCUT2D eigenvalue weighted by molar-refractivity contribution is -0.324. The van der Waals surface area contributed by atoms with E-state index >= 15 is 0 Å². The molecule has 6 rings (SSSR count). The van der Waals surface area contributed by atoms with E-state index in [-0.39, 0.29) is 30.6 Å². The molecule has 1 aliphatic heterocycles. The quantitative estimate of drug-likeness (QED) is 0.240. The van der Waals surface area contributed by atoms with Crippen LogP contribution in [0, 0.1) is 22.7 Å². The molecule has 11 heteroatoms. The lowest BCUT2D eigenvalue weighted by atomic mass is 9.42. The lowest BCUT2D eigenvalue weighted by Gasteiger charge is -2.66. The molecule has 0 bridgehead atoms. The third kappa shape index (κ3) is 4.22. The van der Waals surface area contributed by atoms with E-state index in [9.17, 15) is 40.5 Å². The third-order valence-electron chi connectivity index (χ3n) is 12.2. The molecule has 5 aliphatic rings. The predicted octanol–water partition coefficient (Wildman–Crippen LogP) is 0.152. The molecule has 0 amide bonds. The van der Waals surface area contributed by atoms with Gasteiger partial charge in [0, 0.05) is 30.2 Å². The van der Waals surface area contributed by atoms with Crippen LogP contribution in [0.15, 0.2) is 27.6 Å². The van der Waals surface area contributed by atoms with Gasteiger partial charge in [-0.05, 0) is 67.4 Å². The number of aliphatic hydroxyl groups excluding tert-OH is 5. The van der Waals surface area contributed by atoms with E-state index in [1.54, 1.807) is 6.07 Å². The molecule has 1 saturated heterocycles. The van der Waals surface area contributed by atoms with Crippen molar-refractivity contribution in [2.24, 2.45) is 22.7 Å². The largest absolute Gasteiger partial charge is 0.431 e. The average Bonchev–Trinajstić information content (AvgIpc) is 3.14. The van der Waals surface area contributed by atoms with Crippen molar-refractivity contribution in [3.63, 3.8) is 0 Å². The molecule has 7 N–H and O–H groups in total. The number of aliphatic hydroxyl groups is 7. The Bertz CT molecular complexity index is 1170. The molecule has 0 aromatic carbocycles. The summed E-state index contributed by atoms with van der Waals surface area (Å²) in [6.07, 6.45) is -2.65. The van der Waals surface area contributed by atoms with Crippen LogP contribution in [0.4, 0.5) is 0 Å². The Kier molecular flexibility index (Phi) is 7.28. The number of fused-ring (bicyclic) bond motifs is 5. The Morgan fingerprint density at radius 3 is 2.29 bits per heavy atom. The zero-order chi connectivity index (χ0) is 29.5. The van der Waals surface area contributed by atoms with Gasteiger partial charge < -0.3 is 49.6 Å². The maximum atomic E-state index is 12.4. The van der Waals surface area contributed by atoms with Crippen molar-refractivity contribution in [2.75, 3.05) is 6.61 Å². The van der Waals surface area contributed by atoms with Crippen molar-refractivity contribution in [1.82, 2.24) is 0 Å². The molecule has 4 saturated carbocycles. The minimum Gasteiger partial charge on any atom is -0.431 e. The van der Waals surface area contributed by atoms with Gasteiger partial charge in [-0.3, -0.25) is 0 Å². The number of ether oxygens (including phenoxy) is 2. The summed E-state index contributed by atoms with van der Waals surface area (Å²) in [5.41, 5.74) is -3.18. The summed E-state index contributed by atoms with van der Waals surface area (Å²) in [6, 6.07) is 3.03. The Hall–Kier alpha value is -1.41. The van der Waals surface area contributed by atoms with Gasteiger partial charge in [0.25, 0.3) is 0 Å². The van der Waals surface area contributed by atoms with Crippen LogP contribution in [0.25, 0.3) is 0 Å². The maximum absolute atomic E-state index is 12.4. The fraction of sp³-hybridized carbons (Fsp3) is 0.833. The molecule has 1 aromatic heterocycles.